The van der Waals surface area contributed by atoms with Gasteiger partial charge in [0.15, 0.2) is 0 Å². The highest BCUT2D eigenvalue weighted by molar-refractivity contribution is 5.90. The number of carbonyl (C=O) groups excluding carboxylic acids is 4. The van der Waals surface area contributed by atoms with Crippen molar-refractivity contribution in [3.05, 3.63) is 35.9 Å². The molecule has 0 aromatic heterocycles. The lowest BCUT2D eigenvalue weighted by Gasteiger charge is -2.41. The van der Waals surface area contributed by atoms with Crippen LogP contribution in [-0.4, -0.2) is 134 Å². The van der Waals surface area contributed by atoms with Crippen LogP contribution in [0.3, 0.4) is 0 Å². The van der Waals surface area contributed by atoms with Gasteiger partial charge >= 0.3 is 5.97 Å². The molecule has 1 aliphatic rings. The molecular weight excluding hydrogens is 678 g/mol. The summed E-state index contributed by atoms with van der Waals surface area (Å²) in [7, 11) is 8.44. The predicted octanol–water partition coefficient (Wildman–Crippen LogP) is 3.45. The van der Waals surface area contributed by atoms with Gasteiger partial charge in [0.1, 0.15) is 12.1 Å². The molecule has 1 aromatic carbocycles. The van der Waals surface area contributed by atoms with Crippen LogP contribution in [0.1, 0.15) is 79.7 Å². The Bertz CT molecular complexity index is 1330. The summed E-state index contributed by atoms with van der Waals surface area (Å²) in [6, 6.07) is 5.89. The van der Waals surface area contributed by atoms with E-state index in [2.05, 4.69) is 10.6 Å². The van der Waals surface area contributed by atoms with Crippen molar-refractivity contribution in [2.24, 2.45) is 23.7 Å². The van der Waals surface area contributed by atoms with Gasteiger partial charge in [0.2, 0.25) is 23.6 Å². The molecule has 1 aliphatic heterocycles. The number of carboxylic acids is 1. The Labute approximate surface area is 317 Å². The smallest absolute Gasteiger partial charge is 0.326 e. The average Bonchev–Trinajstić information content (AvgIpc) is 3.59. The summed E-state index contributed by atoms with van der Waals surface area (Å²) in [5.74, 6) is -3.21. The van der Waals surface area contributed by atoms with E-state index in [1.165, 1.54) is 14.2 Å². The number of likely N-dealkylation sites (tertiary alicyclic amines) is 1. The van der Waals surface area contributed by atoms with Crippen molar-refractivity contribution in [1.29, 1.82) is 0 Å². The Balaban J connectivity index is 2.27. The Morgan fingerprint density at radius 2 is 1.53 bits per heavy atom. The monoisotopic (exact) mass is 745 g/mol. The molecule has 1 aromatic rings. The van der Waals surface area contributed by atoms with Gasteiger partial charge in [-0.1, -0.05) is 85.2 Å². The van der Waals surface area contributed by atoms with Gasteiger partial charge in [0.05, 0.1) is 42.7 Å². The molecule has 9 atom stereocenters. The van der Waals surface area contributed by atoms with E-state index in [1.54, 1.807) is 23.8 Å². The standard InChI is InChI=1S/C40H67N5O8/c1-13-26(6)35(44(10)39(49)33(24(2)3)42-38(48)34(25(4)5)43(8)9)31(52-11)23-32(46)45-21-17-20-30(45)36(53-12)27(7)37(47)41-29(40(50)51)22-28-18-15-14-16-19-28/h14-16,18-19,24-27,29-31,33-36H,13,17,20-23H2,1-12H3,(H,41,47)(H,42,48)(H,50,51)/t26?,27-,29+,30+,31?,33?,34?,35?,36-/m1/s1. The number of nitrogens with one attached hydrogen (secondary N) is 2. The van der Waals surface area contributed by atoms with E-state index in [4.69, 9.17) is 9.47 Å². The van der Waals surface area contributed by atoms with Crippen LogP contribution < -0.4 is 10.6 Å². The van der Waals surface area contributed by atoms with Crippen LogP contribution in [0.5, 0.6) is 0 Å². The van der Waals surface area contributed by atoms with Crippen molar-refractivity contribution in [3.8, 4) is 0 Å². The summed E-state index contributed by atoms with van der Waals surface area (Å²) in [6.45, 7) is 13.9. The molecule has 2 rings (SSSR count). The lowest BCUT2D eigenvalue weighted by Crippen LogP contribution is -2.59. The van der Waals surface area contributed by atoms with Crippen LogP contribution in [0.15, 0.2) is 30.3 Å². The number of aliphatic carboxylic acids is 1. The topological polar surface area (TPSA) is 158 Å². The molecule has 53 heavy (non-hydrogen) atoms. The Hall–Kier alpha value is -3.55. The van der Waals surface area contributed by atoms with E-state index >= 15 is 0 Å². The minimum Gasteiger partial charge on any atom is -0.480 e. The highest BCUT2D eigenvalue weighted by Crippen LogP contribution is 2.30. The van der Waals surface area contributed by atoms with E-state index in [9.17, 15) is 29.1 Å². The number of ether oxygens (including phenoxy) is 2. The highest BCUT2D eigenvalue weighted by Gasteiger charge is 2.43. The summed E-state index contributed by atoms with van der Waals surface area (Å²) in [5, 5.41) is 15.6. The van der Waals surface area contributed by atoms with Crippen LogP contribution in [0, 0.1) is 23.7 Å². The average molecular weight is 746 g/mol. The maximum atomic E-state index is 14.2. The van der Waals surface area contributed by atoms with Gasteiger partial charge in [-0.2, -0.15) is 0 Å². The zero-order chi connectivity index (χ0) is 40.2. The highest BCUT2D eigenvalue weighted by atomic mass is 16.5. The summed E-state index contributed by atoms with van der Waals surface area (Å²) in [4.78, 5) is 72.5. The lowest BCUT2D eigenvalue weighted by molar-refractivity contribution is -0.148. The molecule has 3 N–H and O–H groups in total. The quantitative estimate of drug-likeness (QED) is 0.172. The zero-order valence-electron chi connectivity index (χ0n) is 34.1. The minimum absolute atomic E-state index is 0.0104. The number of rotatable bonds is 21. The largest absolute Gasteiger partial charge is 0.480 e. The van der Waals surface area contributed by atoms with Gasteiger partial charge < -0.3 is 35.0 Å². The summed E-state index contributed by atoms with van der Waals surface area (Å²) in [6.07, 6.45) is 0.820. The molecular formula is C40H67N5O8. The van der Waals surface area contributed by atoms with E-state index < -0.39 is 60.2 Å². The van der Waals surface area contributed by atoms with Crippen molar-refractivity contribution in [2.75, 3.05) is 41.9 Å². The molecule has 0 saturated carbocycles. The number of amides is 4. The van der Waals surface area contributed by atoms with Crippen LogP contribution in [-0.2, 0) is 39.9 Å². The number of hydrogen-bond acceptors (Lipinski definition) is 8. The van der Waals surface area contributed by atoms with E-state index in [1.807, 2.05) is 90.9 Å². The number of carboxylic acid groups (broad SMARTS) is 1. The van der Waals surface area contributed by atoms with Crippen molar-refractivity contribution in [1.82, 2.24) is 25.3 Å². The molecule has 1 fully saturated rings. The third-order valence-corrected chi connectivity index (χ3v) is 10.8. The van der Waals surface area contributed by atoms with E-state index in [-0.39, 0.29) is 48.3 Å². The second kappa shape index (κ2) is 21.4. The Kier molecular flexibility index (Phi) is 18.4. The zero-order valence-corrected chi connectivity index (χ0v) is 34.1. The maximum Gasteiger partial charge on any atom is 0.326 e. The molecule has 0 spiro atoms. The lowest BCUT2D eigenvalue weighted by atomic mass is 9.89. The summed E-state index contributed by atoms with van der Waals surface area (Å²) in [5.41, 5.74) is 0.785. The van der Waals surface area contributed by atoms with Gasteiger partial charge in [0.25, 0.3) is 0 Å². The first-order chi connectivity index (χ1) is 24.9. The first-order valence-electron chi connectivity index (χ1n) is 19.1. The third kappa shape index (κ3) is 12.2. The van der Waals surface area contributed by atoms with Crippen LogP contribution in [0.25, 0.3) is 0 Å². The van der Waals surface area contributed by atoms with Crippen molar-refractivity contribution < 1.29 is 38.6 Å². The van der Waals surface area contributed by atoms with Gasteiger partial charge in [-0.05, 0) is 50.3 Å². The fourth-order valence-corrected chi connectivity index (χ4v) is 7.76. The second-order valence-corrected chi connectivity index (χ2v) is 15.6. The number of nitrogens with zero attached hydrogens (tertiary/aromatic N) is 3. The molecule has 13 heteroatoms. The maximum absolute atomic E-state index is 14.2. The van der Waals surface area contributed by atoms with Gasteiger partial charge in [-0.25, -0.2) is 4.79 Å². The minimum atomic E-state index is -1.14. The molecule has 0 radical (unpaired) electrons. The predicted molar refractivity (Wildman–Crippen MR) is 205 cm³/mol. The third-order valence-electron chi connectivity index (χ3n) is 10.8. The molecule has 0 aliphatic carbocycles. The Morgan fingerprint density at radius 1 is 0.906 bits per heavy atom. The molecule has 0 bridgehead atoms. The van der Waals surface area contributed by atoms with Crippen LogP contribution in [0.4, 0.5) is 0 Å². The second-order valence-electron chi connectivity index (χ2n) is 15.6. The van der Waals surface area contributed by atoms with Crippen LogP contribution >= 0.6 is 0 Å². The first kappa shape index (κ1) is 45.6. The summed E-state index contributed by atoms with van der Waals surface area (Å²) >= 11 is 0. The summed E-state index contributed by atoms with van der Waals surface area (Å²) < 4.78 is 11.9. The van der Waals surface area contributed by atoms with E-state index in [0.29, 0.717) is 19.4 Å². The number of carbonyl (C=O) groups is 5. The van der Waals surface area contributed by atoms with Crippen molar-refractivity contribution >= 4 is 29.6 Å². The number of methoxy groups -OCH3 is 2. The molecule has 5 unspecified atom stereocenters. The normalized spacial score (nSPS) is 19.2. The molecule has 4 amide bonds. The SMILES string of the molecule is CCC(C)C(C(CC(=O)N1CCC[C@H]1[C@H](OC)[C@@H](C)C(=O)N[C@@H](Cc1ccccc1)C(=O)O)OC)N(C)C(=O)C(NC(=O)C(C(C)C)N(C)C)C(C)C. The van der Waals surface area contributed by atoms with E-state index in [0.717, 1.165) is 12.0 Å². The first-order valence-corrected chi connectivity index (χ1v) is 19.1. The van der Waals surface area contributed by atoms with Crippen LogP contribution in [0.2, 0.25) is 0 Å². The van der Waals surface area contributed by atoms with Crippen molar-refractivity contribution in [3.63, 3.8) is 0 Å². The number of likely N-dealkylation sites (N-methyl/N-ethyl adjacent to an activating group) is 2. The fourth-order valence-electron chi connectivity index (χ4n) is 7.76. The van der Waals surface area contributed by atoms with Gasteiger partial charge in [-0.3, -0.25) is 24.1 Å². The van der Waals surface area contributed by atoms with Gasteiger partial charge in [-0.15, -0.1) is 0 Å². The number of benzene rings is 1. The number of hydrogen-bond donors (Lipinski definition) is 3. The van der Waals surface area contributed by atoms with Gasteiger partial charge in [0, 0.05) is 34.2 Å². The fraction of sp³-hybridized carbons (Fsp3) is 0.725. The molecule has 1 saturated heterocycles. The molecule has 300 valence electrons. The van der Waals surface area contributed by atoms with Crippen molar-refractivity contribution in [2.45, 2.75) is 123 Å². The molecule has 13 nitrogen and oxygen atoms in total. The molecule has 1 heterocycles. The Morgan fingerprint density at radius 3 is 2.02 bits per heavy atom.